The smallest absolute Gasteiger partial charge is 0.267 e. The van der Waals surface area contributed by atoms with Crippen molar-refractivity contribution in [2.24, 2.45) is 11.8 Å². The first-order chi connectivity index (χ1) is 10.5. The second kappa shape index (κ2) is 7.45. The summed E-state index contributed by atoms with van der Waals surface area (Å²) in [6.45, 7) is 7.12. The van der Waals surface area contributed by atoms with E-state index in [-0.39, 0.29) is 12.5 Å². The quantitative estimate of drug-likeness (QED) is 0.735. The number of benzene rings is 1. The van der Waals surface area contributed by atoms with Gasteiger partial charge in [0.05, 0.1) is 0 Å². The number of fused-ring (bicyclic) bond motifs is 1. The lowest BCUT2D eigenvalue weighted by Crippen LogP contribution is -2.30. The summed E-state index contributed by atoms with van der Waals surface area (Å²) in [6, 6.07) is 7.98. The molecule has 1 unspecified atom stereocenters. The van der Waals surface area contributed by atoms with Gasteiger partial charge >= 0.3 is 0 Å². The second-order valence-corrected chi connectivity index (χ2v) is 6.49. The topological polar surface area (TPSA) is 65.1 Å². The van der Waals surface area contributed by atoms with Gasteiger partial charge < -0.3 is 15.4 Å². The summed E-state index contributed by atoms with van der Waals surface area (Å²) < 4.78 is 0. The number of rotatable bonds is 7. The van der Waals surface area contributed by atoms with Gasteiger partial charge in [-0.1, -0.05) is 26.0 Å². The minimum absolute atomic E-state index is 0.0828. The van der Waals surface area contributed by atoms with Crippen molar-refractivity contribution >= 4 is 16.8 Å². The third-order valence-electron chi connectivity index (χ3n) is 3.92. The molecule has 1 heterocycles. The minimum atomic E-state index is -0.0828. The molecule has 0 radical (unpaired) electrons. The molecule has 0 aliphatic rings. The maximum absolute atomic E-state index is 12.3. The first-order valence-electron chi connectivity index (χ1n) is 7.98. The minimum Gasteiger partial charge on any atom is -0.396 e. The fourth-order valence-electron chi connectivity index (χ4n) is 2.85. The van der Waals surface area contributed by atoms with Gasteiger partial charge in [-0.25, -0.2) is 0 Å². The van der Waals surface area contributed by atoms with E-state index >= 15 is 0 Å². The standard InChI is InChI=1S/C18H26N2O2/c1-12(2)8-14(6-7-21)11-19-18(22)17-10-15-5-4-13(3)9-16(15)20-17/h4-5,9-10,12,14,20-21H,6-8,11H2,1-3H3,(H,19,22). The molecule has 22 heavy (non-hydrogen) atoms. The predicted octanol–water partition coefficient (Wildman–Crippen LogP) is 3.25. The molecule has 1 aromatic carbocycles. The van der Waals surface area contributed by atoms with E-state index in [1.54, 1.807) is 0 Å². The van der Waals surface area contributed by atoms with Gasteiger partial charge in [0.2, 0.25) is 0 Å². The number of aliphatic hydroxyl groups is 1. The van der Waals surface area contributed by atoms with Crippen LogP contribution in [0.3, 0.4) is 0 Å². The molecule has 4 heteroatoms. The molecule has 1 aromatic heterocycles. The van der Waals surface area contributed by atoms with E-state index < -0.39 is 0 Å². The molecule has 0 saturated heterocycles. The summed E-state index contributed by atoms with van der Waals surface area (Å²) >= 11 is 0. The molecule has 0 saturated carbocycles. The zero-order valence-electron chi connectivity index (χ0n) is 13.6. The zero-order chi connectivity index (χ0) is 16.1. The maximum Gasteiger partial charge on any atom is 0.267 e. The molecule has 0 fully saturated rings. The Bertz CT molecular complexity index is 631. The van der Waals surface area contributed by atoms with Gasteiger partial charge in [-0.3, -0.25) is 4.79 Å². The number of aliphatic hydroxyl groups excluding tert-OH is 1. The van der Waals surface area contributed by atoms with Gasteiger partial charge in [-0.05, 0) is 49.3 Å². The van der Waals surface area contributed by atoms with Crippen LogP contribution in [-0.2, 0) is 0 Å². The van der Waals surface area contributed by atoms with Gasteiger partial charge in [0.25, 0.3) is 5.91 Å². The fraction of sp³-hybridized carbons (Fsp3) is 0.500. The average molecular weight is 302 g/mol. The lowest BCUT2D eigenvalue weighted by Gasteiger charge is -2.18. The van der Waals surface area contributed by atoms with E-state index in [9.17, 15) is 4.79 Å². The number of carbonyl (C=O) groups excluding carboxylic acids is 1. The molecule has 2 aromatic rings. The van der Waals surface area contributed by atoms with E-state index in [2.05, 4.69) is 24.1 Å². The highest BCUT2D eigenvalue weighted by Crippen LogP contribution is 2.18. The summed E-state index contributed by atoms with van der Waals surface area (Å²) in [4.78, 5) is 15.5. The van der Waals surface area contributed by atoms with Crippen LogP contribution in [-0.4, -0.2) is 29.1 Å². The van der Waals surface area contributed by atoms with Crippen LogP contribution < -0.4 is 5.32 Å². The molecule has 1 amide bonds. The largest absolute Gasteiger partial charge is 0.396 e. The van der Waals surface area contributed by atoms with Crippen molar-refractivity contribution in [3.8, 4) is 0 Å². The Kier molecular flexibility index (Phi) is 5.61. The van der Waals surface area contributed by atoms with Gasteiger partial charge in [-0.15, -0.1) is 0 Å². The van der Waals surface area contributed by atoms with Crippen molar-refractivity contribution in [1.82, 2.24) is 10.3 Å². The fourth-order valence-corrected chi connectivity index (χ4v) is 2.85. The molecule has 120 valence electrons. The molecule has 2 rings (SSSR count). The lowest BCUT2D eigenvalue weighted by molar-refractivity contribution is 0.0937. The predicted molar refractivity (Wildman–Crippen MR) is 90.0 cm³/mol. The Morgan fingerprint density at radius 3 is 2.77 bits per heavy atom. The third kappa shape index (κ3) is 4.34. The van der Waals surface area contributed by atoms with Gasteiger partial charge in [0.15, 0.2) is 0 Å². The van der Waals surface area contributed by atoms with Gasteiger partial charge in [-0.2, -0.15) is 0 Å². The summed E-state index contributed by atoms with van der Waals surface area (Å²) in [5.74, 6) is 0.797. The Morgan fingerprint density at radius 1 is 1.32 bits per heavy atom. The first-order valence-corrected chi connectivity index (χ1v) is 7.98. The van der Waals surface area contributed by atoms with Gasteiger partial charge in [0.1, 0.15) is 5.69 Å². The number of hydrogen-bond acceptors (Lipinski definition) is 2. The number of H-pyrrole nitrogens is 1. The highest BCUT2D eigenvalue weighted by atomic mass is 16.3. The number of aromatic amines is 1. The van der Waals surface area contributed by atoms with E-state index in [4.69, 9.17) is 5.11 Å². The number of carbonyl (C=O) groups is 1. The van der Waals surface area contributed by atoms with E-state index in [0.29, 0.717) is 24.1 Å². The Labute approximate surface area is 131 Å². The van der Waals surface area contributed by atoms with Crippen LogP contribution in [0.1, 0.15) is 42.7 Å². The van der Waals surface area contributed by atoms with Crippen LogP contribution in [0.2, 0.25) is 0 Å². The van der Waals surface area contributed by atoms with E-state index in [0.717, 1.165) is 23.7 Å². The summed E-state index contributed by atoms with van der Waals surface area (Å²) in [5, 5.41) is 13.2. The lowest BCUT2D eigenvalue weighted by atomic mass is 9.94. The van der Waals surface area contributed by atoms with Crippen molar-refractivity contribution in [2.75, 3.05) is 13.2 Å². The van der Waals surface area contributed by atoms with Crippen molar-refractivity contribution in [3.63, 3.8) is 0 Å². The van der Waals surface area contributed by atoms with Crippen LogP contribution >= 0.6 is 0 Å². The maximum atomic E-state index is 12.3. The van der Waals surface area contributed by atoms with Crippen molar-refractivity contribution in [2.45, 2.75) is 33.6 Å². The van der Waals surface area contributed by atoms with Crippen molar-refractivity contribution < 1.29 is 9.90 Å². The highest BCUT2D eigenvalue weighted by molar-refractivity contribution is 5.98. The molecule has 4 nitrogen and oxygen atoms in total. The summed E-state index contributed by atoms with van der Waals surface area (Å²) in [6.07, 6.45) is 1.73. The normalized spacial score (nSPS) is 12.8. The highest BCUT2D eigenvalue weighted by Gasteiger charge is 2.14. The molecule has 0 aliphatic heterocycles. The van der Waals surface area contributed by atoms with E-state index in [1.807, 2.05) is 31.2 Å². The number of hydrogen-bond donors (Lipinski definition) is 3. The van der Waals surface area contributed by atoms with Crippen LogP contribution in [0.5, 0.6) is 0 Å². The number of amides is 1. The van der Waals surface area contributed by atoms with Crippen molar-refractivity contribution in [1.29, 1.82) is 0 Å². The third-order valence-corrected chi connectivity index (χ3v) is 3.92. The van der Waals surface area contributed by atoms with Crippen molar-refractivity contribution in [3.05, 3.63) is 35.5 Å². The average Bonchev–Trinajstić information content (AvgIpc) is 2.87. The Hall–Kier alpha value is -1.81. The second-order valence-electron chi connectivity index (χ2n) is 6.49. The molecular formula is C18H26N2O2. The van der Waals surface area contributed by atoms with Crippen LogP contribution in [0.25, 0.3) is 10.9 Å². The number of aromatic nitrogens is 1. The molecule has 0 bridgehead atoms. The van der Waals surface area contributed by atoms with E-state index in [1.165, 1.54) is 5.56 Å². The molecule has 0 aliphatic carbocycles. The first kappa shape index (κ1) is 16.6. The van der Waals surface area contributed by atoms with Crippen LogP contribution in [0.15, 0.2) is 24.3 Å². The molecule has 1 atom stereocenters. The summed E-state index contributed by atoms with van der Waals surface area (Å²) in [5.41, 5.74) is 2.74. The monoisotopic (exact) mass is 302 g/mol. The zero-order valence-corrected chi connectivity index (χ0v) is 13.6. The molecule has 3 N–H and O–H groups in total. The van der Waals surface area contributed by atoms with Crippen LogP contribution in [0, 0.1) is 18.8 Å². The number of aryl methyl sites for hydroxylation is 1. The SMILES string of the molecule is Cc1ccc2cc(C(=O)NCC(CCO)CC(C)C)[nH]c2c1. The molecular weight excluding hydrogens is 276 g/mol. The van der Waals surface area contributed by atoms with Gasteiger partial charge in [0, 0.05) is 24.1 Å². The Balaban J connectivity index is 2.00. The number of nitrogens with one attached hydrogen (secondary N) is 2. The Morgan fingerprint density at radius 2 is 2.09 bits per heavy atom. The molecule has 0 spiro atoms. The summed E-state index contributed by atoms with van der Waals surface area (Å²) in [7, 11) is 0. The van der Waals surface area contributed by atoms with Crippen LogP contribution in [0.4, 0.5) is 0 Å².